The van der Waals surface area contributed by atoms with Crippen molar-refractivity contribution >= 4 is 40.5 Å². The summed E-state index contributed by atoms with van der Waals surface area (Å²) in [5, 5.41) is 0.600. The highest BCUT2D eigenvalue weighted by molar-refractivity contribution is 8.18. The van der Waals surface area contributed by atoms with Crippen molar-refractivity contribution in [1.29, 1.82) is 0 Å². The number of likely N-dealkylation sites (N-methyl/N-ethyl adjacent to an activating group) is 1. The molecule has 1 heterocycles. The Kier molecular flexibility index (Phi) is 6.00. The Morgan fingerprint density at radius 2 is 1.79 bits per heavy atom. The summed E-state index contributed by atoms with van der Waals surface area (Å²) in [7, 11) is 3.30. The van der Waals surface area contributed by atoms with Crippen LogP contribution in [0.1, 0.15) is 5.56 Å². The number of methoxy groups -OCH3 is 1. The standard InChI is InChI=1S/C20H19N3O4S/c1-23-19(25)17(11-13-3-7-16(8-4-13)27-12-18(21)24)28-20(23)22-14-5-9-15(26-2)10-6-14/h3-11H,12H2,1-2H3,(H2,21,24)/b17-11-,22-20?. The Morgan fingerprint density at radius 1 is 1.14 bits per heavy atom. The molecule has 28 heavy (non-hydrogen) atoms. The molecule has 3 rings (SSSR count). The summed E-state index contributed by atoms with van der Waals surface area (Å²) in [6.45, 7) is -0.176. The first-order valence-corrected chi connectivity index (χ1v) is 9.19. The van der Waals surface area contributed by atoms with E-state index in [4.69, 9.17) is 15.2 Å². The summed E-state index contributed by atoms with van der Waals surface area (Å²) < 4.78 is 10.4. The minimum Gasteiger partial charge on any atom is -0.497 e. The molecular formula is C20H19N3O4S. The summed E-state index contributed by atoms with van der Waals surface area (Å²) in [4.78, 5) is 29.9. The van der Waals surface area contributed by atoms with Crippen molar-refractivity contribution in [2.75, 3.05) is 20.8 Å². The maximum absolute atomic E-state index is 12.5. The van der Waals surface area contributed by atoms with E-state index in [-0.39, 0.29) is 12.5 Å². The van der Waals surface area contributed by atoms with E-state index in [0.717, 1.165) is 17.0 Å². The van der Waals surface area contributed by atoms with Gasteiger partial charge < -0.3 is 15.2 Å². The number of thioether (sulfide) groups is 1. The van der Waals surface area contributed by atoms with E-state index in [1.165, 1.54) is 16.7 Å². The first-order chi connectivity index (χ1) is 13.5. The van der Waals surface area contributed by atoms with Crippen LogP contribution in [0.25, 0.3) is 6.08 Å². The smallest absolute Gasteiger partial charge is 0.266 e. The van der Waals surface area contributed by atoms with E-state index < -0.39 is 5.91 Å². The normalized spacial score (nSPS) is 16.6. The summed E-state index contributed by atoms with van der Waals surface area (Å²) in [6, 6.07) is 14.3. The number of benzene rings is 2. The van der Waals surface area contributed by atoms with Crippen LogP contribution in [-0.2, 0) is 9.59 Å². The lowest BCUT2D eigenvalue weighted by Gasteiger charge is -2.07. The number of amides is 2. The van der Waals surface area contributed by atoms with Gasteiger partial charge in [0.25, 0.3) is 11.8 Å². The molecule has 1 aliphatic heterocycles. The topological polar surface area (TPSA) is 94.2 Å². The maximum atomic E-state index is 12.5. The zero-order valence-electron chi connectivity index (χ0n) is 15.4. The molecular weight excluding hydrogens is 378 g/mol. The SMILES string of the molecule is COc1ccc(N=C2S/C(=C\c3ccc(OCC(N)=O)cc3)C(=O)N2C)cc1. The Balaban J connectivity index is 1.74. The fourth-order valence-corrected chi connectivity index (χ4v) is 3.37. The number of ether oxygens (including phenoxy) is 2. The number of hydrogen-bond acceptors (Lipinski definition) is 6. The largest absolute Gasteiger partial charge is 0.497 e. The van der Waals surface area contributed by atoms with Gasteiger partial charge in [0.15, 0.2) is 11.8 Å². The molecule has 144 valence electrons. The number of nitrogens with two attached hydrogens (primary N) is 1. The number of aliphatic imine (C=N–C) groups is 1. The highest BCUT2D eigenvalue weighted by atomic mass is 32.2. The molecule has 0 aliphatic carbocycles. The van der Waals surface area contributed by atoms with Crippen LogP contribution < -0.4 is 15.2 Å². The molecule has 0 spiro atoms. The van der Waals surface area contributed by atoms with Gasteiger partial charge in [-0.1, -0.05) is 12.1 Å². The first-order valence-electron chi connectivity index (χ1n) is 8.38. The average molecular weight is 397 g/mol. The second kappa shape index (κ2) is 8.62. The average Bonchev–Trinajstić information content (AvgIpc) is 2.96. The molecule has 2 N–H and O–H groups in total. The predicted molar refractivity (Wildman–Crippen MR) is 110 cm³/mol. The Bertz CT molecular complexity index is 937. The number of hydrogen-bond donors (Lipinski definition) is 1. The van der Waals surface area contributed by atoms with Gasteiger partial charge in [-0.05, 0) is 59.8 Å². The molecule has 1 fully saturated rings. The molecule has 7 nitrogen and oxygen atoms in total. The zero-order chi connectivity index (χ0) is 20.1. The Hall–Kier alpha value is -3.26. The van der Waals surface area contributed by atoms with Crippen LogP contribution in [0.2, 0.25) is 0 Å². The quantitative estimate of drug-likeness (QED) is 0.757. The number of nitrogens with zero attached hydrogens (tertiary/aromatic N) is 2. The lowest BCUT2D eigenvalue weighted by molar-refractivity contribution is -0.121. The molecule has 0 atom stereocenters. The summed E-state index contributed by atoms with van der Waals surface area (Å²) in [6.07, 6.45) is 1.79. The van der Waals surface area contributed by atoms with E-state index in [1.807, 2.05) is 24.3 Å². The van der Waals surface area contributed by atoms with Gasteiger partial charge in [0.1, 0.15) is 11.5 Å². The van der Waals surface area contributed by atoms with E-state index in [9.17, 15) is 9.59 Å². The number of carbonyl (C=O) groups is 2. The number of rotatable bonds is 6. The summed E-state index contributed by atoms with van der Waals surface area (Å²) >= 11 is 1.31. The van der Waals surface area contributed by atoms with Crippen molar-refractivity contribution in [3.63, 3.8) is 0 Å². The zero-order valence-corrected chi connectivity index (χ0v) is 16.2. The molecule has 0 unspecified atom stereocenters. The molecule has 8 heteroatoms. The number of amidine groups is 1. The van der Waals surface area contributed by atoms with Crippen molar-refractivity contribution in [2.45, 2.75) is 0 Å². The van der Waals surface area contributed by atoms with Crippen LogP contribution in [0.5, 0.6) is 11.5 Å². The van der Waals surface area contributed by atoms with Gasteiger partial charge in [0.2, 0.25) is 0 Å². The van der Waals surface area contributed by atoms with E-state index in [0.29, 0.717) is 15.8 Å². The van der Waals surface area contributed by atoms with E-state index >= 15 is 0 Å². The van der Waals surface area contributed by atoms with Crippen molar-refractivity contribution in [2.24, 2.45) is 10.7 Å². The third kappa shape index (κ3) is 4.72. The minimum atomic E-state index is -0.536. The third-order valence-electron chi connectivity index (χ3n) is 3.86. The van der Waals surface area contributed by atoms with Crippen molar-refractivity contribution < 1.29 is 19.1 Å². The Morgan fingerprint density at radius 3 is 2.39 bits per heavy atom. The molecule has 2 amide bonds. The van der Waals surface area contributed by atoms with Crippen LogP contribution in [0.4, 0.5) is 5.69 Å². The van der Waals surface area contributed by atoms with Crippen LogP contribution in [0, 0.1) is 0 Å². The van der Waals surface area contributed by atoms with Crippen molar-refractivity contribution in [3.05, 3.63) is 59.0 Å². The second-order valence-corrected chi connectivity index (χ2v) is 6.90. The molecule has 0 bridgehead atoms. The second-order valence-electron chi connectivity index (χ2n) is 5.89. The highest BCUT2D eigenvalue weighted by Crippen LogP contribution is 2.33. The highest BCUT2D eigenvalue weighted by Gasteiger charge is 2.30. The monoisotopic (exact) mass is 397 g/mol. The van der Waals surface area contributed by atoms with Crippen molar-refractivity contribution in [3.8, 4) is 11.5 Å². The van der Waals surface area contributed by atoms with Gasteiger partial charge in [0.05, 0.1) is 17.7 Å². The van der Waals surface area contributed by atoms with Gasteiger partial charge in [0, 0.05) is 7.05 Å². The maximum Gasteiger partial charge on any atom is 0.266 e. The first kappa shape index (κ1) is 19.5. The molecule has 1 saturated heterocycles. The van der Waals surface area contributed by atoms with Gasteiger partial charge in [-0.15, -0.1) is 0 Å². The minimum absolute atomic E-state index is 0.119. The molecule has 2 aromatic carbocycles. The molecule has 2 aromatic rings. The summed E-state index contributed by atoms with van der Waals surface area (Å²) in [5.41, 5.74) is 6.63. The number of primary amides is 1. The Labute approximate surface area is 166 Å². The molecule has 0 radical (unpaired) electrons. The van der Waals surface area contributed by atoms with Gasteiger partial charge in [-0.25, -0.2) is 4.99 Å². The fraction of sp³-hybridized carbons (Fsp3) is 0.150. The lowest BCUT2D eigenvalue weighted by Crippen LogP contribution is -2.23. The predicted octanol–water partition coefficient (Wildman–Crippen LogP) is 2.79. The van der Waals surface area contributed by atoms with Crippen LogP contribution in [-0.4, -0.2) is 42.6 Å². The fourth-order valence-electron chi connectivity index (χ4n) is 2.38. The number of carbonyl (C=O) groups excluding carboxylic acids is 2. The summed E-state index contributed by atoms with van der Waals surface area (Å²) in [5.74, 6) is 0.624. The van der Waals surface area contributed by atoms with Gasteiger partial charge >= 0.3 is 0 Å². The van der Waals surface area contributed by atoms with Crippen LogP contribution in [0.15, 0.2) is 58.4 Å². The van der Waals surface area contributed by atoms with E-state index in [2.05, 4.69) is 4.99 Å². The van der Waals surface area contributed by atoms with Crippen molar-refractivity contribution in [1.82, 2.24) is 4.90 Å². The molecule has 0 saturated carbocycles. The lowest BCUT2D eigenvalue weighted by atomic mass is 10.2. The van der Waals surface area contributed by atoms with Gasteiger partial charge in [-0.3, -0.25) is 14.5 Å². The van der Waals surface area contributed by atoms with Crippen LogP contribution >= 0.6 is 11.8 Å². The third-order valence-corrected chi connectivity index (χ3v) is 4.92. The van der Waals surface area contributed by atoms with Crippen LogP contribution in [0.3, 0.4) is 0 Å². The molecule has 0 aromatic heterocycles. The van der Waals surface area contributed by atoms with E-state index in [1.54, 1.807) is 44.5 Å². The van der Waals surface area contributed by atoms with Gasteiger partial charge in [-0.2, -0.15) is 0 Å². The molecule has 1 aliphatic rings.